The topological polar surface area (TPSA) is 92.2 Å². The van der Waals surface area contributed by atoms with Crippen LogP contribution in [0.15, 0.2) is 40.4 Å². The van der Waals surface area contributed by atoms with Gasteiger partial charge < -0.3 is 10.1 Å². The van der Waals surface area contributed by atoms with Crippen molar-refractivity contribution in [3.63, 3.8) is 0 Å². The highest BCUT2D eigenvalue weighted by molar-refractivity contribution is 5.92. The highest BCUT2D eigenvalue weighted by Crippen LogP contribution is 2.08. The zero-order valence-corrected chi connectivity index (χ0v) is 9.34. The van der Waals surface area contributed by atoms with Gasteiger partial charge in [-0.05, 0) is 18.2 Å². The standard InChI is InChI=1S/C12H10N2O4/c1-2-5-14-10(15)8-4-3-7(11(16)17)6-9(8)13-12(14)18/h2-4,6H,1,5H2,(H,13,18)(H,16,17). The third-order valence-electron chi connectivity index (χ3n) is 2.54. The molecule has 0 aliphatic rings. The SMILES string of the molecule is C=CCn1c(=O)[nH]c2cc(C(=O)O)ccc2c1=O. The van der Waals surface area contributed by atoms with E-state index >= 15 is 0 Å². The average Bonchev–Trinajstić information content (AvgIpc) is 2.33. The summed E-state index contributed by atoms with van der Waals surface area (Å²) in [5, 5.41) is 9.10. The summed E-state index contributed by atoms with van der Waals surface area (Å²) in [6, 6.07) is 3.97. The Balaban J connectivity index is 2.82. The Bertz CT molecular complexity index is 755. The molecule has 0 fully saturated rings. The molecule has 0 saturated heterocycles. The smallest absolute Gasteiger partial charge is 0.335 e. The van der Waals surface area contributed by atoms with Gasteiger partial charge in [0.05, 0.1) is 16.5 Å². The van der Waals surface area contributed by atoms with E-state index in [9.17, 15) is 14.4 Å². The van der Waals surface area contributed by atoms with Crippen molar-refractivity contribution in [3.8, 4) is 0 Å². The van der Waals surface area contributed by atoms with Gasteiger partial charge in [-0.3, -0.25) is 9.36 Å². The summed E-state index contributed by atoms with van der Waals surface area (Å²) in [5.74, 6) is -1.12. The number of carboxylic acid groups (broad SMARTS) is 1. The van der Waals surface area contributed by atoms with Crippen molar-refractivity contribution in [2.24, 2.45) is 0 Å². The van der Waals surface area contributed by atoms with Crippen LogP contribution in [0.1, 0.15) is 10.4 Å². The fourth-order valence-corrected chi connectivity index (χ4v) is 1.68. The van der Waals surface area contributed by atoms with Gasteiger partial charge in [-0.15, -0.1) is 6.58 Å². The number of carbonyl (C=O) groups is 1. The number of fused-ring (bicyclic) bond motifs is 1. The van der Waals surface area contributed by atoms with Crippen LogP contribution in [0, 0.1) is 0 Å². The van der Waals surface area contributed by atoms with Crippen molar-refractivity contribution in [1.29, 1.82) is 0 Å². The molecular formula is C12H10N2O4. The van der Waals surface area contributed by atoms with Crippen LogP contribution in [0.25, 0.3) is 10.9 Å². The molecule has 0 spiro atoms. The first-order valence-electron chi connectivity index (χ1n) is 5.15. The number of benzene rings is 1. The number of nitrogens with zero attached hydrogens (tertiary/aromatic N) is 1. The minimum absolute atomic E-state index is 0.0130. The maximum Gasteiger partial charge on any atom is 0.335 e. The van der Waals surface area contributed by atoms with Crippen molar-refractivity contribution in [3.05, 3.63) is 57.3 Å². The first-order chi connectivity index (χ1) is 8.54. The molecule has 0 bridgehead atoms. The van der Waals surface area contributed by atoms with E-state index in [0.717, 1.165) is 4.57 Å². The molecule has 2 rings (SSSR count). The largest absolute Gasteiger partial charge is 0.478 e. The van der Waals surface area contributed by atoms with Gasteiger partial charge in [-0.2, -0.15) is 0 Å². The van der Waals surface area contributed by atoms with Gasteiger partial charge in [-0.1, -0.05) is 6.08 Å². The predicted molar refractivity (Wildman–Crippen MR) is 66.0 cm³/mol. The molecule has 6 heteroatoms. The van der Waals surface area contributed by atoms with E-state index in [1.165, 1.54) is 24.3 Å². The normalized spacial score (nSPS) is 10.4. The van der Waals surface area contributed by atoms with Crippen LogP contribution >= 0.6 is 0 Å². The van der Waals surface area contributed by atoms with E-state index in [2.05, 4.69) is 11.6 Å². The second-order valence-corrected chi connectivity index (χ2v) is 3.70. The van der Waals surface area contributed by atoms with Crippen LogP contribution < -0.4 is 11.2 Å². The number of rotatable bonds is 3. The molecule has 2 aromatic rings. The van der Waals surface area contributed by atoms with Gasteiger partial charge >= 0.3 is 11.7 Å². The van der Waals surface area contributed by atoms with Crippen molar-refractivity contribution < 1.29 is 9.90 Å². The molecule has 0 saturated carbocycles. The third-order valence-corrected chi connectivity index (χ3v) is 2.54. The van der Waals surface area contributed by atoms with E-state index in [1.54, 1.807) is 0 Å². The van der Waals surface area contributed by atoms with E-state index < -0.39 is 17.2 Å². The maximum absolute atomic E-state index is 12.0. The van der Waals surface area contributed by atoms with E-state index in [1.807, 2.05) is 0 Å². The van der Waals surface area contributed by atoms with E-state index in [-0.39, 0.29) is 23.0 Å². The Labute approximate surface area is 101 Å². The summed E-state index contributed by atoms with van der Waals surface area (Å²) >= 11 is 0. The van der Waals surface area contributed by atoms with Crippen LogP contribution in [0.2, 0.25) is 0 Å². The number of hydrogen-bond acceptors (Lipinski definition) is 3. The van der Waals surface area contributed by atoms with Gasteiger partial charge in [-0.25, -0.2) is 9.59 Å². The van der Waals surface area contributed by atoms with Crippen molar-refractivity contribution in [2.45, 2.75) is 6.54 Å². The molecule has 1 aromatic carbocycles. The molecule has 0 atom stereocenters. The summed E-state index contributed by atoms with van der Waals surface area (Å²) in [4.78, 5) is 36.9. The number of aromatic carboxylic acids is 1. The monoisotopic (exact) mass is 246 g/mol. The lowest BCUT2D eigenvalue weighted by Gasteiger charge is -2.04. The lowest BCUT2D eigenvalue weighted by molar-refractivity contribution is 0.0697. The van der Waals surface area contributed by atoms with Crippen molar-refractivity contribution in [1.82, 2.24) is 9.55 Å². The number of aromatic nitrogens is 2. The molecular weight excluding hydrogens is 236 g/mol. The van der Waals surface area contributed by atoms with E-state index in [4.69, 9.17) is 5.11 Å². The number of aromatic amines is 1. The fourth-order valence-electron chi connectivity index (χ4n) is 1.68. The van der Waals surface area contributed by atoms with E-state index in [0.29, 0.717) is 0 Å². The molecule has 92 valence electrons. The minimum atomic E-state index is -1.12. The lowest BCUT2D eigenvalue weighted by Crippen LogP contribution is -2.34. The quantitative estimate of drug-likeness (QED) is 0.774. The molecule has 1 aromatic heterocycles. The van der Waals surface area contributed by atoms with Gasteiger partial charge in [0.1, 0.15) is 0 Å². The zero-order chi connectivity index (χ0) is 13.3. The first kappa shape index (κ1) is 11.8. The molecule has 0 amide bonds. The molecule has 0 unspecified atom stereocenters. The Kier molecular flexibility index (Phi) is 2.85. The first-order valence-corrected chi connectivity index (χ1v) is 5.15. The third kappa shape index (κ3) is 1.84. The molecule has 1 heterocycles. The Morgan fingerprint density at radius 2 is 2.17 bits per heavy atom. The summed E-state index contributed by atoms with van der Waals surface area (Å²) in [6.45, 7) is 3.57. The van der Waals surface area contributed by atoms with Crippen molar-refractivity contribution in [2.75, 3.05) is 0 Å². The second-order valence-electron chi connectivity index (χ2n) is 3.70. The molecule has 0 radical (unpaired) electrons. The molecule has 2 N–H and O–H groups in total. The Morgan fingerprint density at radius 1 is 1.44 bits per heavy atom. The number of carboxylic acids is 1. The predicted octanol–water partition coefficient (Wildman–Crippen LogP) is 0.574. The fraction of sp³-hybridized carbons (Fsp3) is 0.0833. The van der Waals surface area contributed by atoms with Crippen LogP contribution in [-0.2, 0) is 6.54 Å². The highest BCUT2D eigenvalue weighted by atomic mass is 16.4. The van der Waals surface area contributed by atoms with Crippen LogP contribution in [0.4, 0.5) is 0 Å². The summed E-state index contributed by atoms with van der Waals surface area (Å²) < 4.78 is 0.996. The number of H-pyrrole nitrogens is 1. The Hall–Kier alpha value is -2.63. The average molecular weight is 246 g/mol. The van der Waals surface area contributed by atoms with Crippen LogP contribution in [0.3, 0.4) is 0 Å². The number of allylic oxidation sites excluding steroid dienone is 1. The summed E-state index contributed by atoms with van der Waals surface area (Å²) in [6.07, 6.45) is 1.44. The summed E-state index contributed by atoms with van der Waals surface area (Å²) in [5.41, 5.74) is -0.829. The van der Waals surface area contributed by atoms with Gasteiger partial charge in [0.15, 0.2) is 0 Å². The van der Waals surface area contributed by atoms with Crippen LogP contribution in [0.5, 0.6) is 0 Å². The molecule has 18 heavy (non-hydrogen) atoms. The highest BCUT2D eigenvalue weighted by Gasteiger charge is 2.09. The van der Waals surface area contributed by atoms with Gasteiger partial charge in [0.2, 0.25) is 0 Å². The number of nitrogens with one attached hydrogen (secondary N) is 1. The molecule has 6 nitrogen and oxygen atoms in total. The minimum Gasteiger partial charge on any atom is -0.478 e. The van der Waals surface area contributed by atoms with Crippen LogP contribution in [-0.4, -0.2) is 20.6 Å². The second kappa shape index (κ2) is 4.33. The van der Waals surface area contributed by atoms with Gasteiger partial charge in [0, 0.05) is 6.54 Å². The van der Waals surface area contributed by atoms with Crippen molar-refractivity contribution >= 4 is 16.9 Å². The number of hydrogen-bond donors (Lipinski definition) is 2. The zero-order valence-electron chi connectivity index (χ0n) is 9.34. The van der Waals surface area contributed by atoms with Gasteiger partial charge in [0.25, 0.3) is 5.56 Å². The Morgan fingerprint density at radius 3 is 2.78 bits per heavy atom. The molecule has 0 aliphatic carbocycles. The lowest BCUT2D eigenvalue weighted by atomic mass is 10.1. The maximum atomic E-state index is 12.0. The summed E-state index contributed by atoms with van der Waals surface area (Å²) in [7, 11) is 0. The molecule has 0 aliphatic heterocycles.